The van der Waals surface area contributed by atoms with Gasteiger partial charge in [0.15, 0.2) is 0 Å². The van der Waals surface area contributed by atoms with Crippen LogP contribution in [0.25, 0.3) is 0 Å². The van der Waals surface area contributed by atoms with Gasteiger partial charge in [0.05, 0.1) is 0 Å². The SMILES string of the molecule is CC(C)(CCO)c1ccc2c(c1)CCC2. The third kappa shape index (κ3) is 2.07. The van der Waals surface area contributed by atoms with E-state index in [-0.39, 0.29) is 12.0 Å². The maximum Gasteiger partial charge on any atom is 0.0439 e. The summed E-state index contributed by atoms with van der Waals surface area (Å²) in [6.07, 6.45) is 4.62. The van der Waals surface area contributed by atoms with Crippen LogP contribution in [0.3, 0.4) is 0 Å². The first kappa shape index (κ1) is 10.7. The molecule has 0 fully saturated rings. The molecule has 15 heavy (non-hydrogen) atoms. The van der Waals surface area contributed by atoms with E-state index in [1.165, 1.54) is 36.0 Å². The molecular formula is C14H20O. The normalized spacial score (nSPS) is 15.4. The van der Waals surface area contributed by atoms with Crippen LogP contribution in [0.4, 0.5) is 0 Å². The fourth-order valence-corrected chi connectivity index (χ4v) is 2.42. The lowest BCUT2D eigenvalue weighted by atomic mass is 9.81. The number of hydrogen-bond acceptors (Lipinski definition) is 1. The fourth-order valence-electron chi connectivity index (χ4n) is 2.42. The summed E-state index contributed by atoms with van der Waals surface area (Å²) in [6, 6.07) is 6.86. The van der Waals surface area contributed by atoms with Crippen molar-refractivity contribution in [2.24, 2.45) is 0 Å². The Hall–Kier alpha value is -0.820. The van der Waals surface area contributed by atoms with Gasteiger partial charge in [-0.2, -0.15) is 0 Å². The van der Waals surface area contributed by atoms with Gasteiger partial charge in [0, 0.05) is 6.61 Å². The first-order valence-corrected chi connectivity index (χ1v) is 5.86. The van der Waals surface area contributed by atoms with Crippen molar-refractivity contribution in [2.75, 3.05) is 6.61 Å². The van der Waals surface area contributed by atoms with Gasteiger partial charge in [-0.3, -0.25) is 0 Å². The van der Waals surface area contributed by atoms with Crippen molar-refractivity contribution in [1.29, 1.82) is 0 Å². The third-order valence-electron chi connectivity index (χ3n) is 3.62. The molecule has 0 saturated carbocycles. The quantitative estimate of drug-likeness (QED) is 0.802. The van der Waals surface area contributed by atoms with Gasteiger partial charge in [0.25, 0.3) is 0 Å². The van der Waals surface area contributed by atoms with Gasteiger partial charge >= 0.3 is 0 Å². The van der Waals surface area contributed by atoms with Gasteiger partial charge in [-0.15, -0.1) is 0 Å². The highest BCUT2D eigenvalue weighted by molar-refractivity contribution is 5.38. The van der Waals surface area contributed by atoms with Gasteiger partial charge in [-0.1, -0.05) is 32.0 Å². The molecule has 82 valence electrons. The maximum atomic E-state index is 9.06. The van der Waals surface area contributed by atoms with Crippen LogP contribution in [0, 0.1) is 0 Å². The monoisotopic (exact) mass is 204 g/mol. The lowest BCUT2D eigenvalue weighted by Gasteiger charge is -2.25. The lowest BCUT2D eigenvalue weighted by Crippen LogP contribution is -2.19. The molecule has 1 aromatic rings. The number of aliphatic hydroxyl groups is 1. The molecule has 1 aliphatic rings. The predicted octanol–water partition coefficient (Wildman–Crippen LogP) is 2.84. The third-order valence-corrected chi connectivity index (χ3v) is 3.62. The zero-order chi connectivity index (χ0) is 10.9. The Balaban J connectivity index is 2.29. The Bertz CT molecular complexity index is 352. The minimum Gasteiger partial charge on any atom is -0.396 e. The second-order valence-electron chi connectivity index (χ2n) is 5.19. The van der Waals surface area contributed by atoms with Gasteiger partial charge < -0.3 is 5.11 Å². The van der Waals surface area contributed by atoms with Crippen LogP contribution < -0.4 is 0 Å². The Kier molecular flexibility index (Phi) is 2.83. The van der Waals surface area contributed by atoms with Crippen molar-refractivity contribution >= 4 is 0 Å². The van der Waals surface area contributed by atoms with Crippen molar-refractivity contribution in [2.45, 2.75) is 44.9 Å². The minimum atomic E-state index is 0.104. The lowest BCUT2D eigenvalue weighted by molar-refractivity contribution is 0.252. The van der Waals surface area contributed by atoms with E-state index in [9.17, 15) is 0 Å². The average Bonchev–Trinajstić information content (AvgIpc) is 2.63. The number of benzene rings is 1. The number of rotatable bonds is 3. The van der Waals surface area contributed by atoms with Gasteiger partial charge in [-0.05, 0) is 47.8 Å². The van der Waals surface area contributed by atoms with Gasteiger partial charge in [0.2, 0.25) is 0 Å². The number of fused-ring (bicyclic) bond motifs is 1. The zero-order valence-corrected chi connectivity index (χ0v) is 9.71. The van der Waals surface area contributed by atoms with E-state index in [0.717, 1.165) is 6.42 Å². The molecule has 1 nitrogen and oxygen atoms in total. The minimum absolute atomic E-state index is 0.104. The molecule has 1 aliphatic carbocycles. The highest BCUT2D eigenvalue weighted by atomic mass is 16.3. The highest BCUT2D eigenvalue weighted by Gasteiger charge is 2.21. The summed E-state index contributed by atoms with van der Waals surface area (Å²) in [5, 5.41) is 9.06. The standard InChI is InChI=1S/C14H20O/c1-14(2,8-9-15)13-7-6-11-4-3-5-12(11)10-13/h6-7,10,15H,3-5,8-9H2,1-2H3. The Morgan fingerprint density at radius 1 is 1.20 bits per heavy atom. The smallest absolute Gasteiger partial charge is 0.0439 e. The van der Waals surface area contributed by atoms with Crippen LogP contribution in [0.1, 0.15) is 43.4 Å². The average molecular weight is 204 g/mol. The molecule has 2 rings (SSSR count). The Morgan fingerprint density at radius 3 is 2.67 bits per heavy atom. The van der Waals surface area contributed by atoms with E-state index in [0.29, 0.717) is 0 Å². The van der Waals surface area contributed by atoms with E-state index >= 15 is 0 Å². The molecule has 0 radical (unpaired) electrons. The number of aryl methyl sites for hydroxylation is 2. The molecule has 0 atom stereocenters. The van der Waals surface area contributed by atoms with Crippen molar-refractivity contribution < 1.29 is 5.11 Å². The summed E-state index contributed by atoms with van der Waals surface area (Å²) in [7, 11) is 0. The van der Waals surface area contributed by atoms with Crippen LogP contribution in [0.5, 0.6) is 0 Å². The highest BCUT2D eigenvalue weighted by Crippen LogP contribution is 2.31. The second-order valence-corrected chi connectivity index (χ2v) is 5.19. The number of hydrogen-bond donors (Lipinski definition) is 1. The molecule has 0 bridgehead atoms. The molecule has 1 heteroatoms. The van der Waals surface area contributed by atoms with Crippen LogP contribution in [-0.4, -0.2) is 11.7 Å². The van der Waals surface area contributed by atoms with Crippen molar-refractivity contribution in [1.82, 2.24) is 0 Å². The maximum absolute atomic E-state index is 9.06. The topological polar surface area (TPSA) is 20.2 Å². The van der Waals surface area contributed by atoms with Crippen LogP contribution in [0.2, 0.25) is 0 Å². The molecule has 0 saturated heterocycles. The van der Waals surface area contributed by atoms with Gasteiger partial charge in [0.1, 0.15) is 0 Å². The van der Waals surface area contributed by atoms with E-state index < -0.39 is 0 Å². The summed E-state index contributed by atoms with van der Waals surface area (Å²) in [4.78, 5) is 0. The number of aliphatic hydroxyl groups excluding tert-OH is 1. The van der Waals surface area contributed by atoms with Crippen LogP contribution in [0.15, 0.2) is 18.2 Å². The summed E-state index contributed by atoms with van der Waals surface area (Å²) in [6.45, 7) is 4.68. The van der Waals surface area contributed by atoms with Crippen LogP contribution in [-0.2, 0) is 18.3 Å². The summed E-state index contributed by atoms with van der Waals surface area (Å²) >= 11 is 0. The zero-order valence-electron chi connectivity index (χ0n) is 9.71. The predicted molar refractivity (Wildman–Crippen MR) is 63.2 cm³/mol. The van der Waals surface area contributed by atoms with E-state index in [1.807, 2.05) is 0 Å². The first-order valence-electron chi connectivity index (χ1n) is 5.86. The molecule has 0 unspecified atom stereocenters. The molecular weight excluding hydrogens is 184 g/mol. The molecule has 0 aromatic heterocycles. The van der Waals surface area contributed by atoms with E-state index in [4.69, 9.17) is 5.11 Å². The van der Waals surface area contributed by atoms with Crippen molar-refractivity contribution in [3.8, 4) is 0 Å². The second kappa shape index (κ2) is 3.97. The van der Waals surface area contributed by atoms with Crippen LogP contribution >= 0.6 is 0 Å². The summed E-state index contributed by atoms with van der Waals surface area (Å²) in [5.41, 5.74) is 4.53. The molecule has 1 aromatic carbocycles. The van der Waals surface area contributed by atoms with Crippen molar-refractivity contribution in [3.63, 3.8) is 0 Å². The van der Waals surface area contributed by atoms with E-state index in [2.05, 4.69) is 32.0 Å². The Morgan fingerprint density at radius 2 is 1.93 bits per heavy atom. The molecule has 0 heterocycles. The molecule has 0 aliphatic heterocycles. The van der Waals surface area contributed by atoms with Crippen molar-refractivity contribution in [3.05, 3.63) is 34.9 Å². The molecule has 0 amide bonds. The first-order chi connectivity index (χ1) is 7.13. The summed E-state index contributed by atoms with van der Waals surface area (Å²) < 4.78 is 0. The van der Waals surface area contributed by atoms with Gasteiger partial charge in [-0.25, -0.2) is 0 Å². The summed E-state index contributed by atoms with van der Waals surface area (Å²) in [5.74, 6) is 0. The molecule has 1 N–H and O–H groups in total. The Labute approximate surface area is 92.1 Å². The molecule has 0 spiro atoms. The largest absolute Gasteiger partial charge is 0.396 e. The fraction of sp³-hybridized carbons (Fsp3) is 0.571. The van der Waals surface area contributed by atoms with E-state index in [1.54, 1.807) is 0 Å².